The molecule has 0 N–H and O–H groups in total. The van der Waals surface area contributed by atoms with E-state index in [9.17, 15) is 33.2 Å². The van der Waals surface area contributed by atoms with Gasteiger partial charge in [0.25, 0.3) is 0 Å². The normalized spacial score (nSPS) is 10.6. The average molecular weight is 305 g/mol. The van der Waals surface area contributed by atoms with Crippen LogP contribution in [-0.2, 0) is 10.1 Å². The van der Waals surface area contributed by atoms with Crippen LogP contribution in [-0.4, -0.2) is 22.8 Å². The molecule has 0 amide bonds. The van der Waals surface area contributed by atoms with E-state index in [1.807, 2.05) is 0 Å². The molecular formula is C6H2ClN2NaO7S. The zero-order chi connectivity index (χ0) is 13.4. The van der Waals surface area contributed by atoms with Gasteiger partial charge in [-0.1, -0.05) is 11.6 Å². The molecule has 0 heterocycles. The van der Waals surface area contributed by atoms with Crippen molar-refractivity contribution in [3.8, 4) is 0 Å². The number of nitrogens with zero attached hydrogens (tertiary/aromatic N) is 2. The van der Waals surface area contributed by atoms with Crippen LogP contribution in [0.1, 0.15) is 0 Å². The molecule has 92 valence electrons. The van der Waals surface area contributed by atoms with Crippen molar-refractivity contribution in [1.29, 1.82) is 0 Å². The molecule has 0 aliphatic rings. The molecule has 0 spiro atoms. The molecular weight excluding hydrogens is 303 g/mol. The average Bonchev–Trinajstić information content (AvgIpc) is 2.14. The number of nitro groups is 2. The van der Waals surface area contributed by atoms with E-state index in [0.717, 1.165) is 6.07 Å². The summed E-state index contributed by atoms with van der Waals surface area (Å²) >= 11 is 5.33. The van der Waals surface area contributed by atoms with Gasteiger partial charge < -0.3 is 4.55 Å². The van der Waals surface area contributed by atoms with Gasteiger partial charge in [0.15, 0.2) is 4.90 Å². The summed E-state index contributed by atoms with van der Waals surface area (Å²) in [5.41, 5.74) is -2.55. The van der Waals surface area contributed by atoms with Crippen LogP contribution in [0, 0.1) is 20.2 Å². The van der Waals surface area contributed by atoms with Crippen LogP contribution in [0.3, 0.4) is 0 Å². The first-order valence-corrected chi connectivity index (χ1v) is 5.52. The maximum atomic E-state index is 10.8. The van der Waals surface area contributed by atoms with Crippen LogP contribution >= 0.6 is 11.6 Å². The second-order valence-electron chi connectivity index (χ2n) is 2.71. The van der Waals surface area contributed by atoms with Gasteiger partial charge >= 0.3 is 40.9 Å². The Bertz CT molecular complexity index is 617. The first kappa shape index (κ1) is 17.2. The smallest absolute Gasteiger partial charge is 0.744 e. The summed E-state index contributed by atoms with van der Waals surface area (Å²) in [6.07, 6.45) is 0. The second kappa shape index (κ2) is 5.91. The van der Waals surface area contributed by atoms with Crippen molar-refractivity contribution >= 4 is 33.1 Å². The Labute approximate surface area is 127 Å². The molecule has 9 nitrogen and oxygen atoms in total. The fourth-order valence-corrected chi connectivity index (χ4v) is 2.26. The first-order valence-electron chi connectivity index (χ1n) is 3.73. The van der Waals surface area contributed by atoms with E-state index >= 15 is 0 Å². The molecule has 0 atom stereocenters. The van der Waals surface area contributed by atoms with Gasteiger partial charge in [0, 0.05) is 6.07 Å². The van der Waals surface area contributed by atoms with Crippen LogP contribution in [0.4, 0.5) is 11.4 Å². The maximum absolute atomic E-state index is 10.8. The van der Waals surface area contributed by atoms with Gasteiger partial charge in [-0.25, -0.2) is 8.42 Å². The standard InChI is InChI=1S/C6H3ClN2O7S.Na/c7-3-1-2-4(8(10)11)5(9(12)13)6(3)17(14,15)16;/h1-2H,(H,14,15,16);/q;+1/p-1. The molecule has 0 fully saturated rings. The van der Waals surface area contributed by atoms with Gasteiger partial charge in [-0.05, 0) is 6.07 Å². The van der Waals surface area contributed by atoms with E-state index in [4.69, 9.17) is 11.6 Å². The van der Waals surface area contributed by atoms with E-state index in [0.29, 0.717) is 6.07 Å². The van der Waals surface area contributed by atoms with Gasteiger partial charge in [0.1, 0.15) is 10.1 Å². The van der Waals surface area contributed by atoms with Gasteiger partial charge in [0.05, 0.1) is 14.9 Å². The third kappa shape index (κ3) is 3.37. The van der Waals surface area contributed by atoms with Crippen molar-refractivity contribution in [3.05, 3.63) is 37.4 Å². The minimum Gasteiger partial charge on any atom is -0.744 e. The number of benzene rings is 1. The van der Waals surface area contributed by atoms with E-state index in [2.05, 4.69) is 0 Å². The Morgan fingerprint density at radius 3 is 1.94 bits per heavy atom. The Kier molecular flexibility index (Phi) is 5.65. The molecule has 12 heteroatoms. The summed E-state index contributed by atoms with van der Waals surface area (Å²) < 4.78 is 32.4. The van der Waals surface area contributed by atoms with Gasteiger partial charge in [-0.3, -0.25) is 20.2 Å². The number of rotatable bonds is 3. The molecule has 1 aromatic rings. The molecule has 0 unspecified atom stereocenters. The summed E-state index contributed by atoms with van der Waals surface area (Å²) in [5.74, 6) is 0. The second-order valence-corrected chi connectivity index (χ2v) is 4.44. The number of halogens is 1. The van der Waals surface area contributed by atoms with Crippen molar-refractivity contribution in [2.75, 3.05) is 0 Å². The fraction of sp³-hybridized carbons (Fsp3) is 0. The third-order valence-electron chi connectivity index (χ3n) is 1.69. The minimum atomic E-state index is -5.29. The number of nitro benzene ring substituents is 2. The molecule has 0 saturated carbocycles. The van der Waals surface area contributed by atoms with E-state index in [1.165, 1.54) is 0 Å². The predicted octanol–water partition coefficient (Wildman–Crippen LogP) is -1.94. The van der Waals surface area contributed by atoms with Gasteiger partial charge in [-0.2, -0.15) is 0 Å². The molecule has 1 rings (SSSR count). The van der Waals surface area contributed by atoms with Crippen LogP contribution in [0.25, 0.3) is 0 Å². The molecule has 0 radical (unpaired) electrons. The van der Waals surface area contributed by atoms with Crippen LogP contribution in [0.5, 0.6) is 0 Å². The zero-order valence-electron chi connectivity index (χ0n) is 8.69. The summed E-state index contributed by atoms with van der Waals surface area (Å²) in [7, 11) is -5.29. The van der Waals surface area contributed by atoms with Crippen molar-refractivity contribution in [2.45, 2.75) is 4.90 Å². The number of hydrogen-bond acceptors (Lipinski definition) is 7. The van der Waals surface area contributed by atoms with Gasteiger partial charge in [-0.15, -0.1) is 0 Å². The largest absolute Gasteiger partial charge is 1.00 e. The molecule has 0 aliphatic heterocycles. The van der Waals surface area contributed by atoms with Crippen molar-refractivity contribution < 1.29 is 52.4 Å². The Morgan fingerprint density at radius 2 is 1.61 bits per heavy atom. The summed E-state index contributed by atoms with van der Waals surface area (Å²) in [6, 6.07) is 1.38. The Hall–Kier alpha value is -0.780. The van der Waals surface area contributed by atoms with Crippen molar-refractivity contribution in [1.82, 2.24) is 0 Å². The van der Waals surface area contributed by atoms with Crippen LogP contribution < -0.4 is 29.6 Å². The molecule has 0 aliphatic carbocycles. The van der Waals surface area contributed by atoms with E-state index < -0.39 is 41.3 Å². The number of hydrogen-bond donors (Lipinski definition) is 0. The van der Waals surface area contributed by atoms with E-state index in [1.54, 1.807) is 0 Å². The minimum absolute atomic E-state index is 0. The first-order chi connectivity index (χ1) is 7.66. The Balaban J connectivity index is 0.00000289. The molecule has 18 heavy (non-hydrogen) atoms. The molecule has 0 bridgehead atoms. The van der Waals surface area contributed by atoms with Crippen LogP contribution in [0.15, 0.2) is 17.0 Å². The Morgan fingerprint density at radius 1 is 1.11 bits per heavy atom. The topological polar surface area (TPSA) is 143 Å². The maximum Gasteiger partial charge on any atom is 1.00 e. The third-order valence-corrected chi connectivity index (χ3v) is 3.03. The summed E-state index contributed by atoms with van der Waals surface area (Å²) in [6.45, 7) is 0. The van der Waals surface area contributed by atoms with E-state index in [-0.39, 0.29) is 29.6 Å². The van der Waals surface area contributed by atoms with Crippen LogP contribution in [0.2, 0.25) is 5.02 Å². The molecule has 0 aromatic heterocycles. The van der Waals surface area contributed by atoms with Gasteiger partial charge in [0.2, 0.25) is 0 Å². The SMILES string of the molecule is O=[N+]([O-])c1ccc(Cl)c(S(=O)(=O)[O-])c1[N+](=O)[O-].[Na+]. The van der Waals surface area contributed by atoms with Crippen molar-refractivity contribution in [3.63, 3.8) is 0 Å². The predicted molar refractivity (Wildman–Crippen MR) is 52.7 cm³/mol. The fourth-order valence-electron chi connectivity index (χ4n) is 1.10. The zero-order valence-corrected chi connectivity index (χ0v) is 12.3. The van der Waals surface area contributed by atoms with Crippen molar-refractivity contribution in [2.24, 2.45) is 0 Å². The monoisotopic (exact) mass is 304 g/mol. The molecule has 0 saturated heterocycles. The summed E-state index contributed by atoms with van der Waals surface area (Å²) in [4.78, 5) is 17.1. The quantitative estimate of drug-likeness (QED) is 0.273. The molecule has 1 aromatic carbocycles. The summed E-state index contributed by atoms with van der Waals surface area (Å²) in [5, 5.41) is 20.3.